The van der Waals surface area contributed by atoms with E-state index in [1.54, 1.807) is 11.0 Å². The predicted octanol–water partition coefficient (Wildman–Crippen LogP) is 1.75. The third-order valence-electron chi connectivity index (χ3n) is 5.42. The van der Waals surface area contributed by atoms with Crippen LogP contribution in [0, 0.1) is 0 Å². The third-order valence-corrected chi connectivity index (χ3v) is 5.42. The number of hydrogen-bond donors (Lipinski definition) is 0. The average Bonchev–Trinajstić information content (AvgIpc) is 3.23. The minimum absolute atomic E-state index is 0.117. The summed E-state index contributed by atoms with van der Waals surface area (Å²) in [5, 5.41) is 11.1. The van der Waals surface area contributed by atoms with Crippen molar-refractivity contribution in [2.45, 2.75) is 38.1 Å². The van der Waals surface area contributed by atoms with Crippen molar-refractivity contribution < 1.29 is 4.79 Å². The van der Waals surface area contributed by atoms with Crippen molar-refractivity contribution in [1.29, 1.82) is 0 Å². The lowest BCUT2D eigenvalue weighted by Crippen LogP contribution is -2.52. The molecule has 1 aromatic carbocycles. The molecule has 0 spiro atoms. The zero-order valence-electron chi connectivity index (χ0n) is 14.4. The van der Waals surface area contributed by atoms with Crippen LogP contribution in [-0.2, 0) is 0 Å². The Kier molecular flexibility index (Phi) is 4.74. The van der Waals surface area contributed by atoms with Gasteiger partial charge in [-0.3, -0.25) is 9.69 Å². The van der Waals surface area contributed by atoms with Gasteiger partial charge in [-0.05, 0) is 47.5 Å². The highest BCUT2D eigenvalue weighted by molar-refractivity contribution is 5.94. The maximum absolute atomic E-state index is 12.7. The maximum atomic E-state index is 12.7. The van der Waals surface area contributed by atoms with Gasteiger partial charge in [-0.2, -0.15) is 0 Å². The second kappa shape index (κ2) is 7.31. The first-order valence-electron chi connectivity index (χ1n) is 9.18. The van der Waals surface area contributed by atoms with Crippen molar-refractivity contribution in [3.63, 3.8) is 0 Å². The van der Waals surface area contributed by atoms with Gasteiger partial charge in [0.25, 0.3) is 5.91 Å². The predicted molar refractivity (Wildman–Crippen MR) is 93.5 cm³/mol. The molecule has 0 atom stereocenters. The van der Waals surface area contributed by atoms with E-state index in [1.165, 1.54) is 32.1 Å². The summed E-state index contributed by atoms with van der Waals surface area (Å²) in [6, 6.07) is 8.20. The number of carbonyl (C=O) groups is 1. The van der Waals surface area contributed by atoms with Gasteiger partial charge in [0.05, 0.1) is 5.69 Å². The van der Waals surface area contributed by atoms with E-state index in [9.17, 15) is 4.79 Å². The lowest BCUT2D eigenvalue weighted by atomic mass is 9.94. The molecule has 0 radical (unpaired) electrons. The molecule has 0 N–H and O–H groups in total. The second-order valence-corrected chi connectivity index (χ2v) is 6.92. The summed E-state index contributed by atoms with van der Waals surface area (Å²) in [7, 11) is 0. The first-order chi connectivity index (χ1) is 12.3. The SMILES string of the molecule is O=C(c1ccc(-n2cnnn2)cc1)N1CCN(C2CCCCC2)CC1. The summed E-state index contributed by atoms with van der Waals surface area (Å²) in [6.45, 7) is 3.65. The summed E-state index contributed by atoms with van der Waals surface area (Å²) in [5.74, 6) is 0.117. The van der Waals surface area contributed by atoms with Crippen molar-refractivity contribution in [3.8, 4) is 5.69 Å². The lowest BCUT2D eigenvalue weighted by Gasteiger charge is -2.40. The maximum Gasteiger partial charge on any atom is 0.253 e. The van der Waals surface area contributed by atoms with Crippen LogP contribution in [-0.4, -0.2) is 68.1 Å². The van der Waals surface area contributed by atoms with Crippen LogP contribution in [0.5, 0.6) is 0 Å². The number of rotatable bonds is 3. The van der Waals surface area contributed by atoms with Gasteiger partial charge in [-0.1, -0.05) is 19.3 Å². The number of hydrogen-bond acceptors (Lipinski definition) is 5. The number of tetrazole rings is 1. The van der Waals surface area contributed by atoms with Crippen LogP contribution in [0.4, 0.5) is 0 Å². The summed E-state index contributed by atoms with van der Waals surface area (Å²) in [6.07, 6.45) is 8.30. The van der Waals surface area contributed by atoms with Gasteiger partial charge in [0, 0.05) is 37.8 Å². The van der Waals surface area contributed by atoms with Crippen LogP contribution in [0.15, 0.2) is 30.6 Å². The highest BCUT2D eigenvalue weighted by Gasteiger charge is 2.27. The highest BCUT2D eigenvalue weighted by Crippen LogP contribution is 2.23. The Morgan fingerprint density at radius 3 is 2.32 bits per heavy atom. The van der Waals surface area contributed by atoms with Crippen LogP contribution in [0.1, 0.15) is 42.5 Å². The van der Waals surface area contributed by atoms with Gasteiger partial charge in [-0.15, -0.1) is 5.10 Å². The van der Waals surface area contributed by atoms with E-state index in [0.29, 0.717) is 0 Å². The molecule has 1 aliphatic heterocycles. The molecule has 2 aromatic rings. The Labute approximate surface area is 147 Å². The van der Waals surface area contributed by atoms with E-state index in [0.717, 1.165) is 43.5 Å². The minimum Gasteiger partial charge on any atom is -0.336 e. The zero-order chi connectivity index (χ0) is 17.1. The van der Waals surface area contributed by atoms with Crippen molar-refractivity contribution in [1.82, 2.24) is 30.0 Å². The molecule has 1 aliphatic carbocycles. The van der Waals surface area contributed by atoms with Gasteiger partial charge in [0.1, 0.15) is 6.33 Å². The lowest BCUT2D eigenvalue weighted by molar-refractivity contribution is 0.0523. The summed E-state index contributed by atoms with van der Waals surface area (Å²) in [4.78, 5) is 17.3. The number of nitrogens with zero attached hydrogens (tertiary/aromatic N) is 6. The van der Waals surface area contributed by atoms with Crippen LogP contribution in [0.2, 0.25) is 0 Å². The van der Waals surface area contributed by atoms with Crippen LogP contribution in [0.3, 0.4) is 0 Å². The summed E-state index contributed by atoms with van der Waals surface area (Å²) >= 11 is 0. The van der Waals surface area contributed by atoms with Gasteiger partial charge >= 0.3 is 0 Å². The molecular formula is C18H24N6O. The number of aromatic nitrogens is 4. The molecule has 2 fully saturated rings. The number of amides is 1. The molecule has 2 aliphatic rings. The van der Waals surface area contributed by atoms with E-state index in [4.69, 9.17) is 0 Å². The smallest absolute Gasteiger partial charge is 0.253 e. The van der Waals surface area contributed by atoms with Crippen LogP contribution < -0.4 is 0 Å². The largest absolute Gasteiger partial charge is 0.336 e. The molecule has 1 saturated heterocycles. The number of carbonyl (C=O) groups excluding carboxylic acids is 1. The van der Waals surface area contributed by atoms with E-state index in [-0.39, 0.29) is 5.91 Å². The monoisotopic (exact) mass is 340 g/mol. The molecular weight excluding hydrogens is 316 g/mol. The standard InChI is InChI=1S/C18H24N6O/c25-18(15-6-8-17(9-7-15)24-14-19-20-21-24)23-12-10-22(11-13-23)16-4-2-1-3-5-16/h6-9,14,16H,1-5,10-13H2. The van der Waals surface area contributed by atoms with Gasteiger partial charge in [0.15, 0.2) is 0 Å². The quantitative estimate of drug-likeness (QED) is 0.852. The highest BCUT2D eigenvalue weighted by atomic mass is 16.2. The van der Waals surface area contributed by atoms with E-state index in [2.05, 4.69) is 20.4 Å². The first-order valence-corrected chi connectivity index (χ1v) is 9.18. The normalized spacial score (nSPS) is 19.9. The minimum atomic E-state index is 0.117. The van der Waals surface area contributed by atoms with E-state index >= 15 is 0 Å². The Morgan fingerprint density at radius 2 is 1.68 bits per heavy atom. The van der Waals surface area contributed by atoms with E-state index < -0.39 is 0 Å². The Morgan fingerprint density at radius 1 is 0.960 bits per heavy atom. The number of piperazine rings is 1. The third kappa shape index (κ3) is 3.56. The summed E-state index contributed by atoms with van der Waals surface area (Å²) in [5.41, 5.74) is 1.58. The van der Waals surface area contributed by atoms with Gasteiger partial charge in [-0.25, -0.2) is 4.68 Å². The van der Waals surface area contributed by atoms with Crippen molar-refractivity contribution in [2.24, 2.45) is 0 Å². The molecule has 1 aromatic heterocycles. The zero-order valence-corrected chi connectivity index (χ0v) is 14.4. The molecule has 132 valence electrons. The molecule has 0 bridgehead atoms. The van der Waals surface area contributed by atoms with Crippen molar-refractivity contribution in [3.05, 3.63) is 36.2 Å². The van der Waals surface area contributed by atoms with Crippen molar-refractivity contribution >= 4 is 5.91 Å². The molecule has 1 amide bonds. The van der Waals surface area contributed by atoms with Crippen molar-refractivity contribution in [2.75, 3.05) is 26.2 Å². The van der Waals surface area contributed by atoms with Crippen LogP contribution in [0.25, 0.3) is 5.69 Å². The fourth-order valence-corrected chi connectivity index (χ4v) is 3.96. The Bertz CT molecular complexity index is 685. The fourth-order valence-electron chi connectivity index (χ4n) is 3.96. The molecule has 25 heavy (non-hydrogen) atoms. The second-order valence-electron chi connectivity index (χ2n) is 6.92. The molecule has 4 rings (SSSR count). The molecule has 0 unspecified atom stereocenters. The van der Waals surface area contributed by atoms with Crippen LogP contribution >= 0.6 is 0 Å². The molecule has 2 heterocycles. The first kappa shape index (κ1) is 16.2. The molecule has 1 saturated carbocycles. The topological polar surface area (TPSA) is 67.2 Å². The Balaban J connectivity index is 1.35. The van der Waals surface area contributed by atoms with Gasteiger partial charge in [0.2, 0.25) is 0 Å². The van der Waals surface area contributed by atoms with E-state index in [1.807, 2.05) is 29.2 Å². The molecule has 7 nitrogen and oxygen atoms in total. The Hall–Kier alpha value is -2.28. The van der Waals surface area contributed by atoms with Gasteiger partial charge < -0.3 is 4.90 Å². The summed E-state index contributed by atoms with van der Waals surface area (Å²) < 4.78 is 1.58. The fraction of sp³-hybridized carbons (Fsp3) is 0.556. The molecule has 7 heteroatoms. The number of benzene rings is 1. The average molecular weight is 340 g/mol.